The molecule has 5 nitrogen and oxygen atoms in total. The number of methoxy groups -OCH3 is 1. The summed E-state index contributed by atoms with van der Waals surface area (Å²) in [5, 5.41) is 5.97. The summed E-state index contributed by atoms with van der Waals surface area (Å²) in [6.45, 7) is 6.02. The largest absolute Gasteiger partial charge is 0.497 e. The molecule has 0 radical (unpaired) electrons. The molecule has 0 saturated heterocycles. The Morgan fingerprint density at radius 2 is 1.95 bits per heavy atom. The van der Waals surface area contributed by atoms with Crippen LogP contribution in [-0.2, 0) is 9.59 Å². The molecule has 0 aromatic heterocycles. The van der Waals surface area contributed by atoms with Gasteiger partial charge in [-0.3, -0.25) is 9.59 Å². The fraction of sp³-hybridized carbons (Fsp3) is 0.500. The molecule has 122 valence electrons. The number of rotatable bonds is 6. The van der Waals surface area contributed by atoms with Crippen LogP contribution in [-0.4, -0.2) is 25.5 Å². The highest BCUT2D eigenvalue weighted by Gasteiger charge is 2.20. The zero-order chi connectivity index (χ0) is 16.8. The lowest BCUT2D eigenvalue weighted by Gasteiger charge is -2.17. The van der Waals surface area contributed by atoms with Crippen molar-refractivity contribution in [3.8, 4) is 5.75 Å². The van der Waals surface area contributed by atoms with E-state index in [-0.39, 0.29) is 11.8 Å². The number of amides is 2. The highest BCUT2D eigenvalue weighted by atomic mass is 35.5. The van der Waals surface area contributed by atoms with E-state index in [1.807, 2.05) is 20.8 Å². The number of nitrogens with one attached hydrogen (secondary N) is 2. The fourth-order valence-corrected chi connectivity index (χ4v) is 1.87. The van der Waals surface area contributed by atoms with Crippen molar-refractivity contribution >= 4 is 29.1 Å². The molecule has 2 amide bonds. The average Bonchev–Trinajstić information content (AvgIpc) is 2.44. The molecule has 1 aromatic rings. The number of hydrogen-bond donors (Lipinski definition) is 2. The minimum absolute atomic E-state index is 0.0221. The number of benzene rings is 1. The Balaban J connectivity index is 2.37. The number of hydrogen-bond acceptors (Lipinski definition) is 3. The lowest BCUT2D eigenvalue weighted by Crippen LogP contribution is -2.35. The Labute approximate surface area is 136 Å². The van der Waals surface area contributed by atoms with E-state index in [1.165, 1.54) is 0 Å². The maximum atomic E-state index is 11.8. The molecule has 0 saturated carbocycles. The van der Waals surface area contributed by atoms with Gasteiger partial charge in [0, 0.05) is 24.4 Å². The average molecular weight is 327 g/mol. The van der Waals surface area contributed by atoms with Crippen LogP contribution in [0.4, 0.5) is 5.69 Å². The Morgan fingerprint density at radius 1 is 1.27 bits per heavy atom. The maximum Gasteiger partial charge on any atom is 0.225 e. The van der Waals surface area contributed by atoms with Gasteiger partial charge in [0.25, 0.3) is 0 Å². The molecule has 0 aliphatic heterocycles. The van der Waals surface area contributed by atoms with Crippen molar-refractivity contribution in [2.24, 2.45) is 5.41 Å². The molecule has 0 fully saturated rings. The van der Waals surface area contributed by atoms with Crippen LogP contribution in [0.5, 0.6) is 5.75 Å². The van der Waals surface area contributed by atoms with Gasteiger partial charge in [0.2, 0.25) is 11.8 Å². The van der Waals surface area contributed by atoms with Crippen molar-refractivity contribution in [1.29, 1.82) is 0 Å². The van der Waals surface area contributed by atoms with E-state index < -0.39 is 5.41 Å². The van der Waals surface area contributed by atoms with Gasteiger partial charge in [0.15, 0.2) is 0 Å². The first-order chi connectivity index (χ1) is 10.2. The highest BCUT2D eigenvalue weighted by molar-refractivity contribution is 6.33. The lowest BCUT2D eigenvalue weighted by atomic mass is 9.96. The van der Waals surface area contributed by atoms with Crippen LogP contribution in [0.15, 0.2) is 18.2 Å². The molecule has 0 atom stereocenters. The van der Waals surface area contributed by atoms with Gasteiger partial charge in [0.05, 0.1) is 17.8 Å². The number of carbonyl (C=O) groups is 2. The van der Waals surface area contributed by atoms with Crippen molar-refractivity contribution in [1.82, 2.24) is 5.32 Å². The number of halogens is 1. The molecule has 0 aliphatic rings. The molecule has 0 spiro atoms. The highest BCUT2D eigenvalue weighted by Crippen LogP contribution is 2.26. The van der Waals surface area contributed by atoms with Crippen molar-refractivity contribution < 1.29 is 14.3 Å². The van der Waals surface area contributed by atoms with Crippen LogP contribution in [0, 0.1) is 5.41 Å². The number of carbonyl (C=O) groups excluding carboxylic acids is 2. The van der Waals surface area contributed by atoms with E-state index in [9.17, 15) is 9.59 Å². The summed E-state index contributed by atoms with van der Waals surface area (Å²) in [7, 11) is 1.55. The third-order valence-electron chi connectivity index (χ3n) is 3.00. The van der Waals surface area contributed by atoms with Crippen LogP contribution in [0.2, 0.25) is 5.02 Å². The number of anilines is 1. The monoisotopic (exact) mass is 326 g/mol. The fourth-order valence-electron chi connectivity index (χ4n) is 1.65. The molecular formula is C16H23ClN2O3. The summed E-state index contributed by atoms with van der Waals surface area (Å²) in [5.41, 5.74) is 0.130. The van der Waals surface area contributed by atoms with E-state index >= 15 is 0 Å². The molecule has 6 heteroatoms. The SMILES string of the molecule is COc1ccc(NC(=O)CCCNC(=O)C(C)(C)C)c(Cl)c1. The van der Waals surface area contributed by atoms with Gasteiger partial charge in [-0.15, -0.1) is 0 Å². The third-order valence-corrected chi connectivity index (χ3v) is 3.31. The van der Waals surface area contributed by atoms with Crippen LogP contribution in [0.1, 0.15) is 33.6 Å². The van der Waals surface area contributed by atoms with Crippen LogP contribution in [0.25, 0.3) is 0 Å². The molecule has 2 N–H and O–H groups in total. The van der Waals surface area contributed by atoms with Crippen molar-refractivity contribution in [2.45, 2.75) is 33.6 Å². The van der Waals surface area contributed by atoms with Crippen LogP contribution >= 0.6 is 11.6 Å². The second-order valence-electron chi connectivity index (χ2n) is 6.00. The van der Waals surface area contributed by atoms with E-state index in [4.69, 9.17) is 16.3 Å². The minimum atomic E-state index is -0.418. The molecule has 0 heterocycles. The first-order valence-corrected chi connectivity index (χ1v) is 7.53. The summed E-state index contributed by atoms with van der Waals surface area (Å²) < 4.78 is 5.05. The van der Waals surface area contributed by atoms with Gasteiger partial charge in [-0.25, -0.2) is 0 Å². The van der Waals surface area contributed by atoms with Gasteiger partial charge in [-0.05, 0) is 18.6 Å². The lowest BCUT2D eigenvalue weighted by molar-refractivity contribution is -0.128. The summed E-state index contributed by atoms with van der Waals surface area (Å²) in [4.78, 5) is 23.5. The predicted molar refractivity (Wildman–Crippen MR) is 88.3 cm³/mol. The first-order valence-electron chi connectivity index (χ1n) is 7.15. The van der Waals surface area contributed by atoms with E-state index in [0.717, 1.165) is 0 Å². The summed E-state index contributed by atoms with van der Waals surface area (Å²) in [6.07, 6.45) is 0.883. The second-order valence-corrected chi connectivity index (χ2v) is 6.41. The molecule has 0 unspecified atom stereocenters. The van der Waals surface area contributed by atoms with E-state index in [0.29, 0.717) is 35.8 Å². The van der Waals surface area contributed by atoms with Gasteiger partial charge < -0.3 is 15.4 Å². The Hall–Kier alpha value is -1.75. The maximum absolute atomic E-state index is 11.8. The Kier molecular flexibility index (Phi) is 6.68. The zero-order valence-corrected chi connectivity index (χ0v) is 14.2. The standard InChI is InChI=1S/C16H23ClN2O3/c1-16(2,3)15(21)18-9-5-6-14(20)19-13-8-7-11(22-4)10-12(13)17/h7-8,10H,5-6,9H2,1-4H3,(H,18,21)(H,19,20). The van der Waals surface area contributed by atoms with E-state index in [2.05, 4.69) is 10.6 Å². The smallest absolute Gasteiger partial charge is 0.225 e. The summed E-state index contributed by atoms with van der Waals surface area (Å²) in [6, 6.07) is 5.06. The third kappa shape index (κ3) is 5.93. The first kappa shape index (κ1) is 18.3. The second kappa shape index (κ2) is 8.03. The molecule has 1 aromatic carbocycles. The van der Waals surface area contributed by atoms with Crippen LogP contribution < -0.4 is 15.4 Å². The van der Waals surface area contributed by atoms with Crippen molar-refractivity contribution in [3.63, 3.8) is 0 Å². The predicted octanol–water partition coefficient (Wildman–Crippen LogP) is 3.23. The van der Waals surface area contributed by atoms with Crippen LogP contribution in [0.3, 0.4) is 0 Å². The normalized spacial score (nSPS) is 11.0. The molecule has 1 rings (SSSR count). The summed E-state index contributed by atoms with van der Waals surface area (Å²) >= 11 is 6.05. The Morgan fingerprint density at radius 3 is 2.50 bits per heavy atom. The number of ether oxygens (including phenoxy) is 1. The van der Waals surface area contributed by atoms with Gasteiger partial charge in [-0.2, -0.15) is 0 Å². The topological polar surface area (TPSA) is 67.4 Å². The van der Waals surface area contributed by atoms with Crippen molar-refractivity contribution in [3.05, 3.63) is 23.2 Å². The van der Waals surface area contributed by atoms with Gasteiger partial charge in [-0.1, -0.05) is 32.4 Å². The Bertz CT molecular complexity index is 539. The van der Waals surface area contributed by atoms with Gasteiger partial charge >= 0.3 is 0 Å². The molecule has 0 aliphatic carbocycles. The quantitative estimate of drug-likeness (QED) is 0.789. The molecule has 0 bridgehead atoms. The van der Waals surface area contributed by atoms with E-state index in [1.54, 1.807) is 25.3 Å². The minimum Gasteiger partial charge on any atom is -0.497 e. The molecule has 22 heavy (non-hydrogen) atoms. The zero-order valence-electron chi connectivity index (χ0n) is 13.5. The van der Waals surface area contributed by atoms with Crippen molar-refractivity contribution in [2.75, 3.05) is 19.0 Å². The summed E-state index contributed by atoms with van der Waals surface area (Å²) in [5.74, 6) is 0.469. The molecular weight excluding hydrogens is 304 g/mol. The van der Waals surface area contributed by atoms with Gasteiger partial charge in [0.1, 0.15) is 5.75 Å².